The molecule has 1 aromatic heterocycles. The molecule has 0 unspecified atom stereocenters. The van der Waals surface area contributed by atoms with Gasteiger partial charge in [0.25, 0.3) is 0 Å². The first-order valence-corrected chi connectivity index (χ1v) is 4.15. The maximum atomic E-state index is 5.51. The maximum Gasteiger partial charge on any atom is 0.141 e. The highest BCUT2D eigenvalue weighted by atomic mass is 16.5. The lowest BCUT2D eigenvalue weighted by Gasteiger charge is -2.15. The Kier molecular flexibility index (Phi) is 2.52. The first-order valence-electron chi connectivity index (χ1n) is 4.15. The summed E-state index contributed by atoms with van der Waals surface area (Å²) in [6, 6.07) is 0. The Morgan fingerprint density at radius 1 is 1.50 bits per heavy atom. The van der Waals surface area contributed by atoms with E-state index >= 15 is 0 Å². The van der Waals surface area contributed by atoms with Crippen molar-refractivity contribution in [1.82, 2.24) is 5.16 Å². The fraction of sp³-hybridized carbons (Fsp3) is 0.667. The van der Waals surface area contributed by atoms with E-state index in [1.54, 1.807) is 6.20 Å². The molecule has 0 saturated carbocycles. The van der Waals surface area contributed by atoms with Gasteiger partial charge in [-0.15, -0.1) is 0 Å². The van der Waals surface area contributed by atoms with E-state index in [0.29, 0.717) is 6.54 Å². The summed E-state index contributed by atoms with van der Waals surface area (Å²) in [5, 5.41) is 3.72. The predicted molar refractivity (Wildman–Crippen MR) is 47.6 cm³/mol. The monoisotopic (exact) mass is 168 g/mol. The molecule has 0 bridgehead atoms. The molecule has 1 heterocycles. The number of rotatable bonds is 2. The van der Waals surface area contributed by atoms with Crippen molar-refractivity contribution in [2.45, 2.75) is 33.7 Å². The van der Waals surface area contributed by atoms with Crippen molar-refractivity contribution in [3.8, 4) is 0 Å². The highest BCUT2D eigenvalue weighted by molar-refractivity contribution is 5.13. The minimum Gasteiger partial charge on any atom is -0.361 e. The summed E-state index contributed by atoms with van der Waals surface area (Å²) in [5.41, 5.74) is 6.76. The highest BCUT2D eigenvalue weighted by Crippen LogP contribution is 2.22. The van der Waals surface area contributed by atoms with Gasteiger partial charge in [-0.3, -0.25) is 0 Å². The fourth-order valence-electron chi connectivity index (χ4n) is 1.08. The van der Waals surface area contributed by atoms with E-state index in [9.17, 15) is 0 Å². The molecule has 2 N–H and O–H groups in total. The van der Waals surface area contributed by atoms with Gasteiger partial charge in [-0.05, 0) is 5.41 Å². The summed E-state index contributed by atoms with van der Waals surface area (Å²) in [6.07, 6.45) is 2.58. The standard InChI is InChI=1S/C9H16N2O/c1-9(2,3)4-8-7(5-10)6-11-12-8/h6H,4-5,10H2,1-3H3. The van der Waals surface area contributed by atoms with E-state index in [2.05, 4.69) is 25.9 Å². The zero-order valence-corrected chi connectivity index (χ0v) is 7.92. The Bertz CT molecular complexity index is 247. The second kappa shape index (κ2) is 3.27. The van der Waals surface area contributed by atoms with Gasteiger partial charge in [0.2, 0.25) is 0 Å². The highest BCUT2D eigenvalue weighted by Gasteiger charge is 2.16. The molecule has 0 aromatic carbocycles. The third kappa shape index (κ3) is 2.34. The van der Waals surface area contributed by atoms with E-state index in [0.717, 1.165) is 17.7 Å². The SMILES string of the molecule is CC(C)(C)Cc1oncc1CN. The summed E-state index contributed by atoms with van der Waals surface area (Å²) in [6.45, 7) is 7.00. The topological polar surface area (TPSA) is 52.0 Å². The fourth-order valence-corrected chi connectivity index (χ4v) is 1.08. The van der Waals surface area contributed by atoms with Crippen LogP contribution in [0.25, 0.3) is 0 Å². The molecule has 0 atom stereocenters. The van der Waals surface area contributed by atoms with Crippen LogP contribution < -0.4 is 5.73 Å². The second-order valence-electron chi connectivity index (χ2n) is 4.22. The summed E-state index contributed by atoms with van der Waals surface area (Å²) in [5.74, 6) is 0.921. The molecule has 0 aliphatic carbocycles. The van der Waals surface area contributed by atoms with Crippen molar-refractivity contribution >= 4 is 0 Å². The number of hydrogen-bond donors (Lipinski definition) is 1. The first-order chi connectivity index (χ1) is 5.53. The zero-order chi connectivity index (χ0) is 9.19. The lowest BCUT2D eigenvalue weighted by Crippen LogP contribution is -2.10. The molecule has 12 heavy (non-hydrogen) atoms. The third-order valence-electron chi connectivity index (χ3n) is 1.64. The molecule has 1 rings (SSSR count). The second-order valence-corrected chi connectivity index (χ2v) is 4.22. The molecule has 0 fully saturated rings. The van der Waals surface area contributed by atoms with E-state index in [1.807, 2.05) is 0 Å². The Morgan fingerprint density at radius 2 is 2.17 bits per heavy atom. The van der Waals surface area contributed by atoms with Crippen LogP contribution in [0.15, 0.2) is 10.7 Å². The molecule has 0 saturated heterocycles. The molecular formula is C9H16N2O. The van der Waals surface area contributed by atoms with E-state index < -0.39 is 0 Å². The van der Waals surface area contributed by atoms with E-state index in [4.69, 9.17) is 10.3 Å². The van der Waals surface area contributed by atoms with E-state index in [1.165, 1.54) is 0 Å². The number of hydrogen-bond acceptors (Lipinski definition) is 3. The van der Waals surface area contributed by atoms with Crippen LogP contribution in [-0.4, -0.2) is 5.16 Å². The van der Waals surface area contributed by atoms with Crippen molar-refractivity contribution in [3.05, 3.63) is 17.5 Å². The van der Waals surface area contributed by atoms with Crippen LogP contribution in [0.4, 0.5) is 0 Å². The molecule has 0 radical (unpaired) electrons. The van der Waals surface area contributed by atoms with Gasteiger partial charge in [0.15, 0.2) is 0 Å². The zero-order valence-electron chi connectivity index (χ0n) is 7.92. The molecule has 1 aromatic rings. The van der Waals surface area contributed by atoms with Crippen LogP contribution in [0.2, 0.25) is 0 Å². The predicted octanol–water partition coefficient (Wildman–Crippen LogP) is 1.72. The minimum absolute atomic E-state index is 0.226. The smallest absolute Gasteiger partial charge is 0.141 e. The largest absolute Gasteiger partial charge is 0.361 e. The lowest BCUT2D eigenvalue weighted by molar-refractivity contribution is 0.318. The average molecular weight is 168 g/mol. The summed E-state index contributed by atoms with van der Waals surface area (Å²) >= 11 is 0. The van der Waals surface area contributed by atoms with Gasteiger partial charge in [0.1, 0.15) is 5.76 Å². The van der Waals surface area contributed by atoms with E-state index in [-0.39, 0.29) is 5.41 Å². The van der Waals surface area contributed by atoms with Crippen LogP contribution in [0.5, 0.6) is 0 Å². The lowest BCUT2D eigenvalue weighted by atomic mass is 9.90. The molecule has 68 valence electrons. The van der Waals surface area contributed by atoms with Gasteiger partial charge in [-0.2, -0.15) is 0 Å². The average Bonchev–Trinajstić information content (AvgIpc) is 2.31. The third-order valence-corrected chi connectivity index (χ3v) is 1.64. The number of aromatic nitrogens is 1. The van der Waals surface area contributed by atoms with Crippen LogP contribution >= 0.6 is 0 Å². The van der Waals surface area contributed by atoms with Crippen molar-refractivity contribution in [2.24, 2.45) is 11.1 Å². The number of nitrogens with zero attached hydrogens (tertiary/aromatic N) is 1. The van der Waals surface area contributed by atoms with Gasteiger partial charge >= 0.3 is 0 Å². The van der Waals surface area contributed by atoms with Crippen LogP contribution in [-0.2, 0) is 13.0 Å². The van der Waals surface area contributed by atoms with Crippen LogP contribution in [0, 0.1) is 5.41 Å². The van der Waals surface area contributed by atoms with Gasteiger partial charge in [0, 0.05) is 18.5 Å². The van der Waals surface area contributed by atoms with Crippen LogP contribution in [0.3, 0.4) is 0 Å². The minimum atomic E-state index is 0.226. The molecule has 3 heteroatoms. The van der Waals surface area contributed by atoms with Gasteiger partial charge in [-0.25, -0.2) is 0 Å². The van der Waals surface area contributed by atoms with Gasteiger partial charge < -0.3 is 10.3 Å². The van der Waals surface area contributed by atoms with Gasteiger partial charge in [-0.1, -0.05) is 25.9 Å². The summed E-state index contributed by atoms with van der Waals surface area (Å²) in [7, 11) is 0. The normalized spacial score (nSPS) is 12.0. The molecule has 0 aliphatic rings. The Balaban J connectivity index is 2.75. The van der Waals surface area contributed by atoms with Crippen molar-refractivity contribution in [3.63, 3.8) is 0 Å². The maximum absolute atomic E-state index is 5.51. The molecule has 3 nitrogen and oxygen atoms in total. The Labute approximate surface area is 72.9 Å². The van der Waals surface area contributed by atoms with Crippen molar-refractivity contribution in [2.75, 3.05) is 0 Å². The molecule has 0 spiro atoms. The van der Waals surface area contributed by atoms with Gasteiger partial charge in [0.05, 0.1) is 6.20 Å². The summed E-state index contributed by atoms with van der Waals surface area (Å²) in [4.78, 5) is 0. The Hall–Kier alpha value is -0.830. The molecule has 0 amide bonds. The quantitative estimate of drug-likeness (QED) is 0.731. The summed E-state index contributed by atoms with van der Waals surface area (Å²) < 4.78 is 5.10. The van der Waals surface area contributed by atoms with Crippen LogP contribution in [0.1, 0.15) is 32.1 Å². The number of nitrogens with two attached hydrogens (primary N) is 1. The first kappa shape index (κ1) is 9.26. The van der Waals surface area contributed by atoms with Crippen molar-refractivity contribution < 1.29 is 4.52 Å². The van der Waals surface area contributed by atoms with Crippen molar-refractivity contribution in [1.29, 1.82) is 0 Å². The molecule has 0 aliphatic heterocycles. The molecular weight excluding hydrogens is 152 g/mol. The Morgan fingerprint density at radius 3 is 2.67 bits per heavy atom.